The monoisotopic (exact) mass is 565 g/mol. The first-order chi connectivity index (χ1) is 20.5. The summed E-state index contributed by atoms with van der Waals surface area (Å²) in [5.41, 5.74) is 5.07. The van der Waals surface area contributed by atoms with Gasteiger partial charge in [0.2, 0.25) is 0 Å². The molecular weight excluding hydrogens is 526 g/mol. The maximum Gasteiger partial charge on any atom is 0.326 e. The average Bonchev–Trinajstić information content (AvgIpc) is 3.03. The van der Waals surface area contributed by atoms with Gasteiger partial charge < -0.3 is 15.2 Å². The van der Waals surface area contributed by atoms with E-state index >= 15 is 0 Å². The minimum atomic E-state index is -1.08. The van der Waals surface area contributed by atoms with Crippen molar-refractivity contribution in [2.24, 2.45) is 0 Å². The maximum atomic E-state index is 12.6. The molecule has 7 nitrogen and oxygen atoms in total. The average molecular weight is 566 g/mol. The summed E-state index contributed by atoms with van der Waals surface area (Å²) in [5.74, 6) is -0.0530. The van der Waals surface area contributed by atoms with E-state index in [1.807, 2.05) is 67.6 Å². The summed E-state index contributed by atoms with van der Waals surface area (Å²) < 4.78 is 5.86. The van der Waals surface area contributed by atoms with E-state index in [4.69, 9.17) is 4.74 Å². The van der Waals surface area contributed by atoms with E-state index in [0.29, 0.717) is 11.4 Å². The third kappa shape index (κ3) is 8.74. The number of carbonyl (C=O) groups is 2. The van der Waals surface area contributed by atoms with Gasteiger partial charge in [-0.25, -0.2) is 14.8 Å². The molecule has 4 rings (SSSR count). The third-order valence-corrected chi connectivity index (χ3v) is 7.24. The fourth-order valence-corrected chi connectivity index (χ4v) is 4.62. The summed E-state index contributed by atoms with van der Waals surface area (Å²) >= 11 is 0. The molecule has 0 bridgehead atoms. The van der Waals surface area contributed by atoms with Crippen LogP contribution >= 0.6 is 0 Å². The molecule has 0 saturated carbocycles. The molecule has 0 spiro atoms. The topological polar surface area (TPSA) is 101 Å². The van der Waals surface area contributed by atoms with E-state index < -0.39 is 17.9 Å². The number of hydrogen-bond acceptors (Lipinski definition) is 5. The molecule has 0 aliphatic rings. The number of nitrogens with one attached hydrogen (secondary N) is 1. The normalized spacial score (nSPS) is 11.6. The highest BCUT2D eigenvalue weighted by Crippen LogP contribution is 2.24. The second-order valence-corrected chi connectivity index (χ2v) is 10.4. The highest BCUT2D eigenvalue weighted by atomic mass is 16.5. The van der Waals surface area contributed by atoms with Gasteiger partial charge in [0.05, 0.1) is 6.61 Å². The van der Waals surface area contributed by atoms with Crippen LogP contribution in [0.4, 0.5) is 0 Å². The smallest absolute Gasteiger partial charge is 0.326 e. The van der Waals surface area contributed by atoms with Crippen LogP contribution in [-0.2, 0) is 17.6 Å². The first-order valence-corrected chi connectivity index (χ1v) is 14.7. The SMILES string of the molecule is CCCCCCCOc1ccc(-c2cnc(-c3ccc(C[C@H](NC(=O)c4ccc(CC)cc4)C(=O)O)cc3)nc2)cc1. The summed E-state index contributed by atoms with van der Waals surface area (Å²) in [6.07, 6.45) is 10.7. The van der Waals surface area contributed by atoms with Crippen LogP contribution < -0.4 is 10.1 Å². The number of carboxylic acids is 1. The number of benzene rings is 3. The Bertz CT molecular complexity index is 1420. The van der Waals surface area contributed by atoms with Gasteiger partial charge in [-0.2, -0.15) is 0 Å². The lowest BCUT2D eigenvalue weighted by Crippen LogP contribution is -2.42. The van der Waals surface area contributed by atoms with Gasteiger partial charge in [0, 0.05) is 35.5 Å². The van der Waals surface area contributed by atoms with Gasteiger partial charge in [-0.15, -0.1) is 0 Å². The second kappa shape index (κ2) is 15.5. The number of ether oxygens (including phenoxy) is 1. The van der Waals surface area contributed by atoms with Crippen molar-refractivity contribution < 1.29 is 19.4 Å². The van der Waals surface area contributed by atoms with E-state index in [0.717, 1.165) is 53.0 Å². The minimum absolute atomic E-state index is 0.159. The van der Waals surface area contributed by atoms with Crippen molar-refractivity contribution in [2.45, 2.75) is 64.8 Å². The molecule has 0 saturated heterocycles. The quantitative estimate of drug-likeness (QED) is 0.149. The molecule has 0 fully saturated rings. The Labute approximate surface area is 248 Å². The Balaban J connectivity index is 1.32. The van der Waals surface area contributed by atoms with Gasteiger partial charge in [0.25, 0.3) is 5.91 Å². The summed E-state index contributed by atoms with van der Waals surface area (Å²) in [4.78, 5) is 33.6. The molecule has 0 radical (unpaired) electrons. The van der Waals surface area contributed by atoms with Crippen molar-refractivity contribution in [1.82, 2.24) is 15.3 Å². The summed E-state index contributed by atoms with van der Waals surface area (Å²) in [5, 5.41) is 12.4. The van der Waals surface area contributed by atoms with Gasteiger partial charge in [-0.3, -0.25) is 4.79 Å². The second-order valence-electron chi connectivity index (χ2n) is 10.4. The van der Waals surface area contributed by atoms with Gasteiger partial charge in [-0.1, -0.05) is 88.1 Å². The molecule has 7 heteroatoms. The van der Waals surface area contributed by atoms with Crippen LogP contribution in [0.25, 0.3) is 22.5 Å². The molecule has 1 aromatic heterocycles. The van der Waals surface area contributed by atoms with Crippen molar-refractivity contribution >= 4 is 11.9 Å². The lowest BCUT2D eigenvalue weighted by atomic mass is 10.0. The van der Waals surface area contributed by atoms with Crippen LogP contribution in [0.5, 0.6) is 5.75 Å². The molecule has 0 aliphatic heterocycles. The molecule has 0 unspecified atom stereocenters. The van der Waals surface area contributed by atoms with Gasteiger partial charge in [0.1, 0.15) is 11.8 Å². The third-order valence-electron chi connectivity index (χ3n) is 7.24. The highest BCUT2D eigenvalue weighted by Gasteiger charge is 2.21. The Morgan fingerprint density at radius 1 is 0.762 bits per heavy atom. The molecule has 1 amide bonds. The number of nitrogens with zero attached hydrogens (tertiary/aromatic N) is 2. The molecule has 42 heavy (non-hydrogen) atoms. The van der Waals surface area contributed by atoms with Crippen LogP contribution in [-0.4, -0.2) is 39.6 Å². The number of aliphatic carboxylic acids is 1. The Morgan fingerprint density at radius 2 is 1.38 bits per heavy atom. The van der Waals surface area contributed by atoms with Crippen LogP contribution in [0.15, 0.2) is 85.2 Å². The number of aryl methyl sites for hydroxylation is 1. The van der Waals surface area contributed by atoms with Crippen LogP contribution in [0.3, 0.4) is 0 Å². The maximum absolute atomic E-state index is 12.6. The van der Waals surface area contributed by atoms with E-state index in [2.05, 4.69) is 22.2 Å². The van der Waals surface area contributed by atoms with Gasteiger partial charge >= 0.3 is 5.97 Å². The largest absolute Gasteiger partial charge is 0.494 e. The van der Waals surface area contributed by atoms with Crippen molar-refractivity contribution in [2.75, 3.05) is 6.61 Å². The Hall–Kier alpha value is -4.52. The predicted molar refractivity (Wildman–Crippen MR) is 166 cm³/mol. The van der Waals surface area contributed by atoms with Crippen LogP contribution in [0.2, 0.25) is 0 Å². The summed E-state index contributed by atoms with van der Waals surface area (Å²) in [6.45, 7) is 4.99. The standard InChI is InChI=1S/C35H39N3O4/c1-3-5-6-7-8-21-42-31-19-17-27(18-20-31)30-23-36-33(37-24-30)28-13-11-26(12-14-28)22-32(35(40)41)38-34(39)29-15-9-25(4-2)10-16-29/h9-20,23-24,32H,3-8,21-22H2,1-2H3,(H,38,39)(H,40,41)/t32-/m0/s1. The number of unbranched alkanes of at least 4 members (excludes halogenated alkanes) is 4. The molecular formula is C35H39N3O4. The first-order valence-electron chi connectivity index (χ1n) is 14.7. The molecule has 2 N–H and O–H groups in total. The molecule has 1 heterocycles. The van der Waals surface area contributed by atoms with Crippen molar-refractivity contribution in [3.8, 4) is 28.3 Å². The molecule has 0 aliphatic carbocycles. The zero-order valence-electron chi connectivity index (χ0n) is 24.4. The number of rotatable bonds is 15. The lowest BCUT2D eigenvalue weighted by molar-refractivity contribution is -0.139. The van der Waals surface area contributed by atoms with Gasteiger partial charge in [0.15, 0.2) is 5.82 Å². The van der Waals surface area contributed by atoms with Crippen molar-refractivity contribution in [3.63, 3.8) is 0 Å². The van der Waals surface area contributed by atoms with Crippen molar-refractivity contribution in [1.29, 1.82) is 0 Å². The lowest BCUT2D eigenvalue weighted by Gasteiger charge is -2.15. The van der Waals surface area contributed by atoms with E-state index in [9.17, 15) is 14.7 Å². The zero-order chi connectivity index (χ0) is 29.7. The predicted octanol–water partition coefficient (Wildman–Crippen LogP) is 7.15. The molecule has 218 valence electrons. The fourth-order valence-electron chi connectivity index (χ4n) is 4.62. The number of carboxylic acid groups (broad SMARTS) is 1. The van der Waals surface area contributed by atoms with E-state index in [1.165, 1.54) is 25.7 Å². The zero-order valence-corrected chi connectivity index (χ0v) is 24.4. The summed E-state index contributed by atoms with van der Waals surface area (Å²) in [6, 6.07) is 21.5. The number of hydrogen-bond donors (Lipinski definition) is 2. The minimum Gasteiger partial charge on any atom is -0.494 e. The van der Waals surface area contributed by atoms with Crippen LogP contribution in [0.1, 0.15) is 67.4 Å². The number of amides is 1. The summed E-state index contributed by atoms with van der Waals surface area (Å²) in [7, 11) is 0. The van der Waals surface area contributed by atoms with Crippen molar-refractivity contribution in [3.05, 3.63) is 102 Å². The number of aromatic nitrogens is 2. The van der Waals surface area contributed by atoms with Gasteiger partial charge in [-0.05, 0) is 53.8 Å². The Morgan fingerprint density at radius 3 is 2.00 bits per heavy atom. The molecule has 3 aromatic carbocycles. The van der Waals surface area contributed by atoms with E-state index in [1.54, 1.807) is 24.5 Å². The molecule has 1 atom stereocenters. The fraction of sp³-hybridized carbons (Fsp3) is 0.314. The molecule has 4 aromatic rings. The number of carbonyl (C=O) groups excluding carboxylic acids is 1. The Kier molecular flexibility index (Phi) is 11.2. The van der Waals surface area contributed by atoms with E-state index in [-0.39, 0.29) is 6.42 Å². The first kappa shape index (κ1) is 30.4. The van der Waals surface area contributed by atoms with Crippen LogP contribution in [0, 0.1) is 0 Å². The highest BCUT2D eigenvalue weighted by molar-refractivity contribution is 5.96.